The van der Waals surface area contributed by atoms with Crippen LogP contribution in [0.2, 0.25) is 5.02 Å². The van der Waals surface area contributed by atoms with Crippen LogP contribution in [0, 0.1) is 18.8 Å². The fraction of sp³-hybridized carbons (Fsp3) is 0.556. The molecule has 1 aromatic carbocycles. The van der Waals surface area contributed by atoms with E-state index in [4.69, 9.17) is 21.1 Å². The van der Waals surface area contributed by atoms with Gasteiger partial charge in [0.05, 0.1) is 19.6 Å². The minimum Gasteiger partial charge on any atom is -0.496 e. The third kappa shape index (κ3) is 4.05. The van der Waals surface area contributed by atoms with E-state index in [1.807, 2.05) is 13.0 Å². The molecular formula is C18H23ClO4. The summed E-state index contributed by atoms with van der Waals surface area (Å²) in [6.45, 7) is 4.04. The predicted molar refractivity (Wildman–Crippen MR) is 88.9 cm³/mol. The number of carbonyl (C=O) groups is 2. The summed E-state index contributed by atoms with van der Waals surface area (Å²) < 4.78 is 10.5. The minimum absolute atomic E-state index is 0.0734. The lowest BCUT2D eigenvalue weighted by atomic mass is 9.87. The molecule has 0 N–H and O–H groups in total. The summed E-state index contributed by atoms with van der Waals surface area (Å²) in [6.07, 6.45) is 2.62. The van der Waals surface area contributed by atoms with Crippen molar-refractivity contribution in [3.05, 3.63) is 28.3 Å². The quantitative estimate of drug-likeness (QED) is 0.741. The van der Waals surface area contributed by atoms with Crippen molar-refractivity contribution in [2.75, 3.05) is 13.7 Å². The Morgan fingerprint density at radius 3 is 2.61 bits per heavy atom. The van der Waals surface area contributed by atoms with E-state index < -0.39 is 0 Å². The summed E-state index contributed by atoms with van der Waals surface area (Å²) in [5, 5.41) is 0.584. The highest BCUT2D eigenvalue weighted by atomic mass is 35.5. The zero-order valence-corrected chi connectivity index (χ0v) is 14.6. The first-order chi connectivity index (χ1) is 11.0. The number of esters is 1. The average molecular weight is 339 g/mol. The number of carbonyl (C=O) groups excluding carboxylic acids is 2. The Kier molecular flexibility index (Phi) is 6.05. The van der Waals surface area contributed by atoms with Gasteiger partial charge in [-0.3, -0.25) is 9.59 Å². The lowest BCUT2D eigenvalue weighted by Crippen LogP contribution is -2.28. The predicted octanol–water partition coefficient (Wildman–Crippen LogP) is 3.75. The number of benzene rings is 1. The molecule has 0 bridgehead atoms. The van der Waals surface area contributed by atoms with E-state index in [9.17, 15) is 9.59 Å². The molecule has 0 aromatic heterocycles. The van der Waals surface area contributed by atoms with Crippen LogP contribution in [-0.2, 0) is 20.7 Å². The molecule has 0 spiro atoms. The Morgan fingerprint density at radius 1 is 1.26 bits per heavy atom. The second-order valence-corrected chi connectivity index (χ2v) is 6.38. The van der Waals surface area contributed by atoms with Gasteiger partial charge in [-0.2, -0.15) is 0 Å². The molecule has 1 aromatic rings. The van der Waals surface area contributed by atoms with Gasteiger partial charge >= 0.3 is 5.97 Å². The van der Waals surface area contributed by atoms with Gasteiger partial charge in [-0.25, -0.2) is 0 Å². The minimum atomic E-state index is -0.305. The molecule has 1 aliphatic rings. The van der Waals surface area contributed by atoms with E-state index in [1.165, 1.54) is 0 Å². The maximum absolute atomic E-state index is 12.7. The highest BCUT2D eigenvalue weighted by Gasteiger charge is 2.38. The van der Waals surface area contributed by atoms with Crippen LogP contribution in [0.5, 0.6) is 5.75 Å². The smallest absolute Gasteiger partial charge is 0.309 e. The Balaban J connectivity index is 2.17. The largest absolute Gasteiger partial charge is 0.496 e. The van der Waals surface area contributed by atoms with Gasteiger partial charge in [0.15, 0.2) is 0 Å². The van der Waals surface area contributed by atoms with Crippen molar-refractivity contribution in [3.8, 4) is 5.75 Å². The zero-order chi connectivity index (χ0) is 17.0. The summed E-state index contributed by atoms with van der Waals surface area (Å²) in [4.78, 5) is 24.8. The molecular weight excluding hydrogens is 316 g/mol. The Labute approximate surface area is 142 Å². The molecule has 2 unspecified atom stereocenters. The van der Waals surface area contributed by atoms with Gasteiger partial charge in [0.25, 0.3) is 0 Å². The van der Waals surface area contributed by atoms with Crippen LogP contribution in [0.4, 0.5) is 0 Å². The van der Waals surface area contributed by atoms with E-state index in [0.29, 0.717) is 17.4 Å². The number of halogens is 1. The van der Waals surface area contributed by atoms with Crippen molar-refractivity contribution >= 4 is 23.4 Å². The van der Waals surface area contributed by atoms with E-state index in [2.05, 4.69) is 0 Å². The van der Waals surface area contributed by atoms with Crippen LogP contribution >= 0.6 is 11.6 Å². The van der Waals surface area contributed by atoms with Crippen molar-refractivity contribution in [3.63, 3.8) is 0 Å². The van der Waals surface area contributed by atoms with E-state index in [1.54, 1.807) is 20.1 Å². The Hall–Kier alpha value is -1.55. The van der Waals surface area contributed by atoms with Crippen molar-refractivity contribution < 1.29 is 19.1 Å². The van der Waals surface area contributed by atoms with Gasteiger partial charge in [0.2, 0.25) is 0 Å². The second kappa shape index (κ2) is 7.82. The molecule has 1 fully saturated rings. The number of ketones is 1. The number of hydrogen-bond acceptors (Lipinski definition) is 4. The highest BCUT2D eigenvalue weighted by molar-refractivity contribution is 6.30. The summed E-state index contributed by atoms with van der Waals surface area (Å²) in [7, 11) is 1.57. The van der Waals surface area contributed by atoms with Crippen LogP contribution in [-0.4, -0.2) is 25.5 Å². The molecule has 5 heteroatoms. The first-order valence-corrected chi connectivity index (χ1v) is 8.38. The van der Waals surface area contributed by atoms with E-state index >= 15 is 0 Å². The van der Waals surface area contributed by atoms with Crippen LogP contribution < -0.4 is 4.74 Å². The van der Waals surface area contributed by atoms with Gasteiger partial charge in [-0.05, 0) is 44.4 Å². The molecule has 0 amide bonds. The monoisotopic (exact) mass is 338 g/mol. The number of aryl methyl sites for hydroxylation is 1. The summed E-state index contributed by atoms with van der Waals surface area (Å²) >= 11 is 6.04. The SMILES string of the molecule is CCOC(=O)C1CCCC1C(=O)Cc1c(C)cc(Cl)cc1OC. The molecule has 126 valence electrons. The molecule has 0 heterocycles. The van der Waals surface area contributed by atoms with Crippen LogP contribution in [0.15, 0.2) is 12.1 Å². The number of Topliss-reactive ketones (excluding diaryl/α,β-unsaturated/α-hetero) is 1. The third-order valence-electron chi connectivity index (χ3n) is 4.49. The molecule has 0 radical (unpaired) electrons. The molecule has 1 aliphatic carbocycles. The highest BCUT2D eigenvalue weighted by Crippen LogP contribution is 2.36. The molecule has 0 saturated heterocycles. The first kappa shape index (κ1) is 17.8. The normalized spacial score (nSPS) is 20.3. The summed E-state index contributed by atoms with van der Waals surface area (Å²) in [5.74, 6) is -0.115. The summed E-state index contributed by atoms with van der Waals surface area (Å²) in [5.41, 5.74) is 1.77. The van der Waals surface area contributed by atoms with Crippen molar-refractivity contribution in [1.82, 2.24) is 0 Å². The molecule has 2 atom stereocenters. The fourth-order valence-corrected chi connectivity index (χ4v) is 3.60. The van der Waals surface area contributed by atoms with Gasteiger partial charge in [-0.1, -0.05) is 18.0 Å². The van der Waals surface area contributed by atoms with Gasteiger partial charge < -0.3 is 9.47 Å². The van der Waals surface area contributed by atoms with Crippen LogP contribution in [0.25, 0.3) is 0 Å². The number of ether oxygens (including phenoxy) is 2. The van der Waals surface area contributed by atoms with Gasteiger partial charge in [0, 0.05) is 22.9 Å². The molecule has 2 rings (SSSR count). The standard InChI is InChI=1S/C18H23ClO4/c1-4-23-18(21)14-7-5-6-13(14)16(20)10-15-11(2)8-12(19)9-17(15)22-3/h8-9,13-14H,4-7,10H2,1-3H3. The topological polar surface area (TPSA) is 52.6 Å². The average Bonchev–Trinajstić information content (AvgIpc) is 2.99. The number of rotatable bonds is 6. The molecule has 1 saturated carbocycles. The summed E-state index contributed by atoms with van der Waals surface area (Å²) in [6, 6.07) is 3.54. The lowest BCUT2D eigenvalue weighted by Gasteiger charge is -2.18. The van der Waals surface area contributed by atoms with E-state index in [-0.39, 0.29) is 30.0 Å². The molecule has 23 heavy (non-hydrogen) atoms. The van der Waals surface area contributed by atoms with Crippen molar-refractivity contribution in [1.29, 1.82) is 0 Å². The number of hydrogen-bond donors (Lipinski definition) is 0. The fourth-order valence-electron chi connectivity index (χ4n) is 3.33. The van der Waals surface area contributed by atoms with Crippen LogP contribution in [0.1, 0.15) is 37.3 Å². The van der Waals surface area contributed by atoms with Crippen molar-refractivity contribution in [2.24, 2.45) is 11.8 Å². The van der Waals surface area contributed by atoms with E-state index in [0.717, 1.165) is 30.4 Å². The molecule has 4 nitrogen and oxygen atoms in total. The second-order valence-electron chi connectivity index (χ2n) is 5.94. The molecule has 0 aliphatic heterocycles. The van der Waals surface area contributed by atoms with Gasteiger partial charge in [-0.15, -0.1) is 0 Å². The lowest BCUT2D eigenvalue weighted by molar-refractivity contribution is -0.151. The first-order valence-electron chi connectivity index (χ1n) is 8.00. The number of methoxy groups -OCH3 is 1. The third-order valence-corrected chi connectivity index (χ3v) is 4.70. The van der Waals surface area contributed by atoms with Crippen molar-refractivity contribution in [2.45, 2.75) is 39.5 Å². The Morgan fingerprint density at radius 2 is 1.96 bits per heavy atom. The Bertz CT molecular complexity index is 597. The van der Waals surface area contributed by atoms with Crippen LogP contribution in [0.3, 0.4) is 0 Å². The van der Waals surface area contributed by atoms with Gasteiger partial charge in [0.1, 0.15) is 11.5 Å². The zero-order valence-electron chi connectivity index (χ0n) is 13.9. The maximum Gasteiger partial charge on any atom is 0.309 e. The maximum atomic E-state index is 12.7.